The predicted molar refractivity (Wildman–Crippen MR) is 291 cm³/mol. The van der Waals surface area contributed by atoms with E-state index in [0.29, 0.717) is 0 Å². The molecule has 12 aromatic carbocycles. The number of anilines is 5. The maximum absolute atomic E-state index is 2.65. The van der Waals surface area contributed by atoms with Crippen LogP contribution in [0.2, 0.25) is 0 Å². The molecule has 0 heterocycles. The maximum atomic E-state index is 2.65. The molecule has 1 aliphatic carbocycles. The fourth-order valence-corrected chi connectivity index (χ4v) is 10.7. The third-order valence-corrected chi connectivity index (χ3v) is 14.0. The van der Waals surface area contributed by atoms with Crippen molar-refractivity contribution in [3.05, 3.63) is 266 Å². The van der Waals surface area contributed by atoms with Crippen molar-refractivity contribution in [2.24, 2.45) is 0 Å². The highest BCUT2D eigenvalue weighted by molar-refractivity contribution is 6.24. The van der Waals surface area contributed by atoms with Gasteiger partial charge >= 0.3 is 0 Å². The Hall–Kier alpha value is -8.72. The molecule has 2 heteroatoms. The van der Waals surface area contributed by atoms with E-state index in [9.17, 15) is 0 Å². The topological polar surface area (TPSA) is 6.48 Å². The van der Waals surface area contributed by atoms with Gasteiger partial charge < -0.3 is 9.80 Å². The van der Waals surface area contributed by atoms with Crippen LogP contribution in [-0.4, -0.2) is 6.04 Å². The van der Waals surface area contributed by atoms with Gasteiger partial charge in [0.05, 0.1) is 17.4 Å². The number of nitrogens with zero attached hydrogens (tertiary/aromatic N) is 2. The molecule has 0 fully saturated rings. The Labute approximate surface area is 396 Å². The monoisotopic (exact) mass is 866 g/mol. The summed E-state index contributed by atoms with van der Waals surface area (Å²) in [6, 6.07) is 92.0. The second-order valence-corrected chi connectivity index (χ2v) is 18.1. The van der Waals surface area contributed by atoms with E-state index in [1.54, 1.807) is 0 Å². The van der Waals surface area contributed by atoms with Crippen molar-refractivity contribution in [3.8, 4) is 22.3 Å². The Morgan fingerprint density at radius 1 is 0.309 bits per heavy atom. The number of rotatable bonds is 8. The van der Waals surface area contributed by atoms with Crippen LogP contribution in [0.5, 0.6) is 0 Å². The van der Waals surface area contributed by atoms with Gasteiger partial charge in [-0.2, -0.15) is 0 Å². The summed E-state index contributed by atoms with van der Waals surface area (Å²) in [5, 5.41) is 12.0. The average molecular weight is 867 g/mol. The van der Waals surface area contributed by atoms with Crippen LogP contribution in [0.3, 0.4) is 0 Å². The Balaban J connectivity index is 1.19. The zero-order chi connectivity index (χ0) is 45.0. The quantitative estimate of drug-likeness (QED) is 0.111. The first-order chi connectivity index (χ1) is 33.7. The van der Waals surface area contributed by atoms with Crippen molar-refractivity contribution >= 4 is 88.4 Å². The Morgan fingerprint density at radius 3 is 1.31 bits per heavy atom. The van der Waals surface area contributed by atoms with Gasteiger partial charge in [-0.15, -0.1) is 0 Å². The van der Waals surface area contributed by atoms with E-state index in [-0.39, 0.29) is 6.04 Å². The van der Waals surface area contributed by atoms with Crippen molar-refractivity contribution in [2.45, 2.75) is 12.5 Å². The van der Waals surface area contributed by atoms with Gasteiger partial charge in [-0.25, -0.2) is 0 Å². The van der Waals surface area contributed by atoms with Crippen LogP contribution in [0.15, 0.2) is 255 Å². The van der Waals surface area contributed by atoms with Gasteiger partial charge in [-0.05, 0) is 121 Å². The Bertz CT molecular complexity index is 3830. The minimum atomic E-state index is 0.0228. The van der Waals surface area contributed by atoms with Gasteiger partial charge in [0.2, 0.25) is 0 Å². The van der Waals surface area contributed by atoms with E-state index >= 15 is 0 Å². The van der Waals surface area contributed by atoms with E-state index in [4.69, 9.17) is 0 Å². The van der Waals surface area contributed by atoms with Crippen LogP contribution < -0.4 is 9.80 Å². The number of fused-ring (bicyclic) bond motifs is 6. The molecule has 320 valence electrons. The zero-order valence-corrected chi connectivity index (χ0v) is 37.5. The first-order valence-corrected chi connectivity index (χ1v) is 23.7. The second kappa shape index (κ2) is 16.6. The highest BCUT2D eigenvalue weighted by Crippen LogP contribution is 2.52. The maximum Gasteiger partial charge on any atom is 0.0620 e. The molecule has 0 spiro atoms. The average Bonchev–Trinajstić information content (AvgIpc) is 3.41. The fraction of sp³-hybridized carbons (Fsp3) is 0.0303. The molecule has 0 aliphatic heterocycles. The van der Waals surface area contributed by atoms with Crippen LogP contribution in [0, 0.1) is 0 Å². The lowest BCUT2D eigenvalue weighted by molar-refractivity contribution is 0.771. The molecule has 68 heavy (non-hydrogen) atoms. The van der Waals surface area contributed by atoms with Crippen molar-refractivity contribution in [1.29, 1.82) is 0 Å². The summed E-state index contributed by atoms with van der Waals surface area (Å²) in [4.78, 5) is 5.18. The van der Waals surface area contributed by atoms with Gasteiger partial charge in [0.25, 0.3) is 0 Å². The van der Waals surface area contributed by atoms with Gasteiger partial charge in [0.15, 0.2) is 0 Å². The molecule has 12 aromatic rings. The lowest BCUT2D eigenvalue weighted by Gasteiger charge is -2.38. The minimum absolute atomic E-state index is 0.0228. The molecule has 0 saturated carbocycles. The van der Waals surface area contributed by atoms with Crippen LogP contribution in [0.25, 0.3) is 82.2 Å². The van der Waals surface area contributed by atoms with Gasteiger partial charge in [-0.1, -0.05) is 212 Å². The fourth-order valence-electron chi connectivity index (χ4n) is 10.7. The Kier molecular flexibility index (Phi) is 9.68. The van der Waals surface area contributed by atoms with Gasteiger partial charge in [-0.3, -0.25) is 0 Å². The molecule has 0 radical (unpaired) electrons. The summed E-state index contributed by atoms with van der Waals surface area (Å²) >= 11 is 0. The number of hydrogen-bond donors (Lipinski definition) is 0. The van der Waals surface area contributed by atoms with Crippen molar-refractivity contribution in [3.63, 3.8) is 0 Å². The van der Waals surface area contributed by atoms with E-state index in [1.165, 1.54) is 92.9 Å². The van der Waals surface area contributed by atoms with Crippen LogP contribution in [0.1, 0.15) is 11.1 Å². The first kappa shape index (κ1) is 39.6. The molecule has 0 N–H and O–H groups in total. The third kappa shape index (κ3) is 6.98. The molecule has 0 bridgehead atoms. The standard InChI is InChI=1S/C66H46N2/c1-3-15-45(16-4-1)55-31-37-61-63(43-55)65(67(57-33-27-47-19-7-11-23-51(47)39-57)58-34-28-48-20-8-12-24-52(48)40-58)62-38-32-56(46-17-5-2-6-18-46)44-64(62)66(61)68(59-35-29-49-21-9-13-25-53(49)41-59)60-36-30-50-22-10-14-26-54(50)42-60/h1-41,43-44,60H,42H2. The lowest BCUT2D eigenvalue weighted by atomic mass is 9.88. The molecule has 1 unspecified atom stereocenters. The highest BCUT2D eigenvalue weighted by atomic mass is 15.2. The van der Waals surface area contributed by atoms with Crippen molar-refractivity contribution < 1.29 is 0 Å². The SMILES string of the molecule is C1=CC(N(c2ccc3ccccc3c2)c2c3ccc(-c4ccccc4)cc3c(N(c3ccc4ccccc4c3)c3ccc4ccccc4c3)c3ccc(-c4ccccc4)cc23)Cc2ccccc21. The predicted octanol–water partition coefficient (Wildman–Crippen LogP) is 18.0. The smallest absolute Gasteiger partial charge is 0.0620 e. The molecule has 1 aliphatic rings. The summed E-state index contributed by atoms with van der Waals surface area (Å²) in [5.74, 6) is 0. The Morgan fingerprint density at radius 2 is 0.750 bits per heavy atom. The van der Waals surface area contributed by atoms with Gasteiger partial charge in [0.1, 0.15) is 0 Å². The summed E-state index contributed by atoms with van der Waals surface area (Å²) < 4.78 is 0. The zero-order valence-electron chi connectivity index (χ0n) is 37.5. The summed E-state index contributed by atoms with van der Waals surface area (Å²) in [6.45, 7) is 0. The number of benzene rings is 12. The molecule has 2 nitrogen and oxygen atoms in total. The molecular weight excluding hydrogens is 821 g/mol. The third-order valence-electron chi connectivity index (χ3n) is 14.0. The first-order valence-electron chi connectivity index (χ1n) is 23.7. The minimum Gasteiger partial charge on any atom is -0.333 e. The van der Waals surface area contributed by atoms with Gasteiger partial charge in [0, 0.05) is 38.6 Å². The second-order valence-electron chi connectivity index (χ2n) is 18.1. The summed E-state index contributed by atoms with van der Waals surface area (Å²) in [5.41, 5.74) is 13.1. The largest absolute Gasteiger partial charge is 0.333 e. The van der Waals surface area contributed by atoms with E-state index in [0.717, 1.165) is 29.2 Å². The molecular formula is C66H46N2. The van der Waals surface area contributed by atoms with E-state index < -0.39 is 0 Å². The highest BCUT2D eigenvalue weighted by Gasteiger charge is 2.30. The number of hydrogen-bond acceptors (Lipinski definition) is 2. The normalized spacial score (nSPS) is 13.3. The lowest BCUT2D eigenvalue weighted by Crippen LogP contribution is -2.33. The van der Waals surface area contributed by atoms with Crippen LogP contribution in [-0.2, 0) is 6.42 Å². The molecule has 1 atom stereocenters. The summed E-state index contributed by atoms with van der Waals surface area (Å²) in [7, 11) is 0. The van der Waals surface area contributed by atoms with Crippen molar-refractivity contribution in [1.82, 2.24) is 0 Å². The van der Waals surface area contributed by atoms with E-state index in [1.807, 2.05) is 0 Å². The van der Waals surface area contributed by atoms with Crippen LogP contribution in [0.4, 0.5) is 28.4 Å². The summed E-state index contributed by atoms with van der Waals surface area (Å²) in [6.07, 6.45) is 5.63. The van der Waals surface area contributed by atoms with E-state index in [2.05, 4.69) is 271 Å². The van der Waals surface area contributed by atoms with Crippen molar-refractivity contribution in [2.75, 3.05) is 9.80 Å². The molecule has 0 aromatic heterocycles. The molecule has 0 saturated heterocycles. The van der Waals surface area contributed by atoms with Crippen LogP contribution >= 0.6 is 0 Å². The molecule has 13 rings (SSSR count). The molecule has 0 amide bonds.